The molecule has 0 saturated carbocycles. The molecule has 4 aromatic rings. The SMILES string of the molecule is [O-][S+]1CCNc2cc(-c3cc(-c4ccncc4)c(-c4ccc(F)cc4)[nH]3)ccc21. The normalized spacial score (nSPS) is 15.6. The number of benzene rings is 2. The summed E-state index contributed by atoms with van der Waals surface area (Å²) in [6, 6.07) is 18.4. The van der Waals surface area contributed by atoms with E-state index in [2.05, 4.69) is 21.4 Å². The smallest absolute Gasteiger partial charge is 0.175 e. The standard InChI is InChI=1S/C23H18FN3OS/c24-18-4-1-16(2-5-18)23-19(15-7-9-25-10-8-15)14-20(27-23)17-3-6-22-21(13-17)26-11-12-29(22)28/h1-10,13-14,26-27H,11-12H2. The summed E-state index contributed by atoms with van der Waals surface area (Å²) in [4.78, 5) is 8.46. The maximum Gasteiger partial charge on any atom is 0.175 e. The van der Waals surface area contributed by atoms with E-state index in [-0.39, 0.29) is 5.82 Å². The molecule has 0 fully saturated rings. The summed E-state index contributed by atoms with van der Waals surface area (Å²) < 4.78 is 25.7. The van der Waals surface area contributed by atoms with Crippen LogP contribution >= 0.6 is 0 Å². The Morgan fingerprint density at radius 1 is 0.897 bits per heavy atom. The molecule has 0 saturated heterocycles. The highest BCUT2D eigenvalue weighted by atomic mass is 32.2. The summed E-state index contributed by atoms with van der Waals surface area (Å²) in [5.41, 5.74) is 6.72. The Bertz CT molecular complexity index is 1160. The molecule has 4 nitrogen and oxygen atoms in total. The number of hydrogen-bond acceptors (Lipinski definition) is 3. The van der Waals surface area contributed by atoms with E-state index < -0.39 is 11.2 Å². The van der Waals surface area contributed by atoms with Crippen LogP contribution in [0.1, 0.15) is 0 Å². The number of rotatable bonds is 3. The number of aromatic amines is 1. The molecule has 2 aromatic carbocycles. The molecule has 29 heavy (non-hydrogen) atoms. The molecule has 144 valence electrons. The zero-order valence-electron chi connectivity index (χ0n) is 15.5. The highest BCUT2D eigenvalue weighted by Gasteiger charge is 2.22. The summed E-state index contributed by atoms with van der Waals surface area (Å²) in [7, 11) is 0. The van der Waals surface area contributed by atoms with E-state index in [1.807, 2.05) is 30.3 Å². The monoisotopic (exact) mass is 403 g/mol. The van der Waals surface area contributed by atoms with Gasteiger partial charge < -0.3 is 14.9 Å². The maximum absolute atomic E-state index is 13.4. The molecule has 6 heteroatoms. The van der Waals surface area contributed by atoms with Crippen LogP contribution in [0.3, 0.4) is 0 Å². The molecule has 0 spiro atoms. The van der Waals surface area contributed by atoms with Crippen LogP contribution in [0.2, 0.25) is 0 Å². The fourth-order valence-corrected chi connectivity index (χ4v) is 4.74. The molecular weight excluding hydrogens is 385 g/mol. The minimum Gasteiger partial charge on any atom is -0.611 e. The van der Waals surface area contributed by atoms with Gasteiger partial charge in [-0.3, -0.25) is 4.98 Å². The van der Waals surface area contributed by atoms with Crippen molar-refractivity contribution in [2.24, 2.45) is 0 Å². The second-order valence-corrected chi connectivity index (χ2v) is 8.44. The highest BCUT2D eigenvalue weighted by Crippen LogP contribution is 2.37. The number of halogens is 1. The first-order valence-corrected chi connectivity index (χ1v) is 10.7. The Hall–Kier alpha value is -3.09. The molecule has 1 unspecified atom stereocenters. The van der Waals surface area contributed by atoms with Crippen LogP contribution in [0, 0.1) is 5.82 Å². The summed E-state index contributed by atoms with van der Waals surface area (Å²) in [5.74, 6) is 0.371. The summed E-state index contributed by atoms with van der Waals surface area (Å²) in [5, 5.41) is 3.34. The zero-order valence-corrected chi connectivity index (χ0v) is 16.3. The van der Waals surface area contributed by atoms with E-state index in [1.54, 1.807) is 24.5 Å². The number of nitrogens with one attached hydrogen (secondary N) is 2. The first-order chi connectivity index (χ1) is 14.2. The van der Waals surface area contributed by atoms with Gasteiger partial charge in [0.15, 0.2) is 4.90 Å². The third kappa shape index (κ3) is 3.41. The minimum absolute atomic E-state index is 0.264. The van der Waals surface area contributed by atoms with Gasteiger partial charge in [-0.2, -0.15) is 0 Å². The molecule has 0 aliphatic carbocycles. The quantitative estimate of drug-likeness (QED) is 0.469. The number of fused-ring (bicyclic) bond motifs is 1. The molecule has 1 aliphatic rings. The molecule has 5 rings (SSSR count). The van der Waals surface area contributed by atoms with Gasteiger partial charge in [0.05, 0.1) is 17.9 Å². The molecule has 0 radical (unpaired) electrons. The number of anilines is 1. The Kier molecular flexibility index (Phi) is 4.58. The van der Waals surface area contributed by atoms with Gasteiger partial charge in [-0.1, -0.05) is 0 Å². The van der Waals surface area contributed by atoms with Gasteiger partial charge in [-0.15, -0.1) is 0 Å². The lowest BCUT2D eigenvalue weighted by atomic mass is 10.0. The van der Waals surface area contributed by atoms with E-state index in [0.29, 0.717) is 12.3 Å². The van der Waals surface area contributed by atoms with E-state index in [1.165, 1.54) is 12.1 Å². The predicted molar refractivity (Wildman–Crippen MR) is 115 cm³/mol. The number of aromatic nitrogens is 2. The minimum atomic E-state index is -0.956. The van der Waals surface area contributed by atoms with Gasteiger partial charge >= 0.3 is 0 Å². The number of nitrogens with zero attached hydrogens (tertiary/aromatic N) is 1. The molecule has 1 atom stereocenters. The first-order valence-electron chi connectivity index (χ1n) is 9.35. The molecule has 2 N–H and O–H groups in total. The topological polar surface area (TPSA) is 63.8 Å². The molecular formula is C23H18FN3OS. The Balaban J connectivity index is 1.64. The van der Waals surface area contributed by atoms with Crippen molar-refractivity contribution >= 4 is 16.9 Å². The number of pyridine rings is 1. The van der Waals surface area contributed by atoms with E-state index in [4.69, 9.17) is 0 Å². The molecule has 3 heterocycles. The number of H-pyrrole nitrogens is 1. The van der Waals surface area contributed by atoms with Crippen molar-refractivity contribution in [1.82, 2.24) is 9.97 Å². The second kappa shape index (κ2) is 7.39. The average Bonchev–Trinajstić information content (AvgIpc) is 3.20. The van der Waals surface area contributed by atoms with Gasteiger partial charge in [0.2, 0.25) is 0 Å². The van der Waals surface area contributed by atoms with Gasteiger partial charge in [0.25, 0.3) is 0 Å². The summed E-state index contributed by atoms with van der Waals surface area (Å²) >= 11 is -0.956. The Morgan fingerprint density at radius 3 is 2.45 bits per heavy atom. The lowest BCUT2D eigenvalue weighted by molar-refractivity contribution is 0.594. The maximum atomic E-state index is 13.4. The fraction of sp³-hybridized carbons (Fsp3) is 0.0870. The molecule has 2 aromatic heterocycles. The van der Waals surface area contributed by atoms with Crippen molar-refractivity contribution in [3.05, 3.63) is 78.9 Å². The van der Waals surface area contributed by atoms with Crippen molar-refractivity contribution < 1.29 is 8.94 Å². The van der Waals surface area contributed by atoms with Crippen molar-refractivity contribution in [1.29, 1.82) is 0 Å². The van der Waals surface area contributed by atoms with Crippen LogP contribution in [0.5, 0.6) is 0 Å². The zero-order chi connectivity index (χ0) is 19.8. The molecule has 0 bridgehead atoms. The largest absolute Gasteiger partial charge is 0.611 e. The van der Waals surface area contributed by atoms with Gasteiger partial charge in [-0.25, -0.2) is 4.39 Å². The van der Waals surface area contributed by atoms with Crippen LogP contribution in [-0.4, -0.2) is 26.8 Å². The van der Waals surface area contributed by atoms with Crippen LogP contribution in [-0.2, 0) is 11.2 Å². The third-order valence-electron chi connectivity index (χ3n) is 5.08. The van der Waals surface area contributed by atoms with Crippen molar-refractivity contribution in [2.75, 3.05) is 17.6 Å². The van der Waals surface area contributed by atoms with E-state index in [9.17, 15) is 8.94 Å². The van der Waals surface area contributed by atoms with Crippen molar-refractivity contribution in [2.45, 2.75) is 4.90 Å². The predicted octanol–water partition coefficient (Wildman–Crippen LogP) is 5.08. The van der Waals surface area contributed by atoms with Gasteiger partial charge in [0.1, 0.15) is 11.6 Å². The van der Waals surface area contributed by atoms with Crippen LogP contribution in [0.25, 0.3) is 33.6 Å². The molecule has 1 aliphatic heterocycles. The highest BCUT2D eigenvalue weighted by molar-refractivity contribution is 7.91. The number of hydrogen-bond donors (Lipinski definition) is 2. The second-order valence-electron chi connectivity index (χ2n) is 6.90. The fourth-order valence-electron chi connectivity index (χ4n) is 3.64. The Labute approximate surface area is 171 Å². The van der Waals surface area contributed by atoms with E-state index in [0.717, 1.165) is 44.2 Å². The average molecular weight is 403 g/mol. The summed E-state index contributed by atoms with van der Waals surface area (Å²) in [6.45, 7) is 0.705. The first kappa shape index (κ1) is 18.0. The lowest BCUT2D eigenvalue weighted by Crippen LogP contribution is -2.23. The molecule has 0 amide bonds. The van der Waals surface area contributed by atoms with Crippen molar-refractivity contribution in [3.8, 4) is 33.6 Å². The van der Waals surface area contributed by atoms with Gasteiger partial charge in [0, 0.05) is 29.2 Å². The van der Waals surface area contributed by atoms with Crippen LogP contribution in [0.15, 0.2) is 78.0 Å². The third-order valence-corrected chi connectivity index (χ3v) is 6.50. The van der Waals surface area contributed by atoms with Crippen molar-refractivity contribution in [3.63, 3.8) is 0 Å². The Morgan fingerprint density at radius 2 is 1.66 bits per heavy atom. The summed E-state index contributed by atoms with van der Waals surface area (Å²) in [6.07, 6.45) is 3.52. The lowest BCUT2D eigenvalue weighted by Gasteiger charge is -2.21. The van der Waals surface area contributed by atoms with Crippen LogP contribution < -0.4 is 5.32 Å². The van der Waals surface area contributed by atoms with Crippen LogP contribution in [0.4, 0.5) is 10.1 Å². The van der Waals surface area contributed by atoms with Gasteiger partial charge in [-0.05, 0) is 83.0 Å². The van der Waals surface area contributed by atoms with E-state index >= 15 is 0 Å².